The van der Waals surface area contributed by atoms with Crippen LogP contribution in [0.1, 0.15) is 13.3 Å². The predicted octanol–water partition coefficient (Wildman–Crippen LogP) is 3.27. The van der Waals surface area contributed by atoms with Crippen molar-refractivity contribution in [2.24, 2.45) is 0 Å². The first-order valence-corrected chi connectivity index (χ1v) is 10.0. The molecule has 0 saturated carbocycles. The van der Waals surface area contributed by atoms with Gasteiger partial charge in [0.1, 0.15) is 5.75 Å². The number of carbonyl (C=O) groups excluding carboxylic acids is 1. The highest BCUT2D eigenvalue weighted by atomic mass is 32.2. The van der Waals surface area contributed by atoms with E-state index in [9.17, 15) is 13.2 Å². The van der Waals surface area contributed by atoms with Gasteiger partial charge in [-0.2, -0.15) is 0 Å². The van der Waals surface area contributed by atoms with E-state index < -0.39 is 16.1 Å². The number of hydrogen-bond donors (Lipinski definition) is 2. The van der Waals surface area contributed by atoms with Crippen LogP contribution < -0.4 is 19.7 Å². The molecule has 0 radical (unpaired) electrons. The molecule has 0 bridgehead atoms. The van der Waals surface area contributed by atoms with Gasteiger partial charge < -0.3 is 15.4 Å². The summed E-state index contributed by atoms with van der Waals surface area (Å²) in [5.41, 5.74) is 1.71. The van der Waals surface area contributed by atoms with Crippen LogP contribution in [0.3, 0.4) is 0 Å². The zero-order valence-corrected chi connectivity index (χ0v) is 15.3. The van der Waals surface area contributed by atoms with E-state index in [1.807, 2.05) is 6.92 Å². The van der Waals surface area contributed by atoms with Crippen molar-refractivity contribution < 1.29 is 17.9 Å². The Balaban J connectivity index is 1.65. The maximum absolute atomic E-state index is 12.2. The van der Waals surface area contributed by atoms with Crippen molar-refractivity contribution in [2.45, 2.75) is 13.3 Å². The van der Waals surface area contributed by atoms with Crippen LogP contribution in [-0.4, -0.2) is 33.4 Å². The minimum absolute atomic E-state index is 0.156. The van der Waals surface area contributed by atoms with Gasteiger partial charge in [-0.25, -0.2) is 13.2 Å². The first kappa shape index (κ1) is 18.1. The van der Waals surface area contributed by atoms with Crippen LogP contribution in [-0.2, 0) is 10.0 Å². The van der Waals surface area contributed by atoms with Crippen LogP contribution in [0, 0.1) is 0 Å². The van der Waals surface area contributed by atoms with Gasteiger partial charge in [-0.3, -0.25) is 4.31 Å². The molecule has 1 aliphatic heterocycles. The van der Waals surface area contributed by atoms with E-state index in [1.165, 1.54) is 4.31 Å². The number of anilines is 3. The van der Waals surface area contributed by atoms with E-state index in [4.69, 9.17) is 4.74 Å². The van der Waals surface area contributed by atoms with Crippen molar-refractivity contribution in [3.63, 3.8) is 0 Å². The fourth-order valence-electron chi connectivity index (χ4n) is 2.76. The monoisotopic (exact) mass is 375 g/mol. The molecule has 0 aliphatic carbocycles. The van der Waals surface area contributed by atoms with Gasteiger partial charge in [-0.15, -0.1) is 0 Å². The lowest BCUT2D eigenvalue weighted by molar-refractivity contribution is 0.262. The Morgan fingerprint density at radius 1 is 1.12 bits per heavy atom. The van der Waals surface area contributed by atoms with E-state index in [1.54, 1.807) is 48.5 Å². The molecular formula is C18H21N3O4S. The minimum Gasteiger partial charge on any atom is -0.494 e. The molecule has 26 heavy (non-hydrogen) atoms. The summed E-state index contributed by atoms with van der Waals surface area (Å²) in [6.07, 6.45) is 0.609. The van der Waals surface area contributed by atoms with E-state index in [0.717, 1.165) is 5.75 Å². The zero-order chi connectivity index (χ0) is 18.6. The average Bonchev–Trinajstić information content (AvgIpc) is 2.96. The zero-order valence-electron chi connectivity index (χ0n) is 14.4. The molecule has 0 spiro atoms. The lowest BCUT2D eigenvalue weighted by Gasteiger charge is -2.18. The molecule has 8 heteroatoms. The highest BCUT2D eigenvalue weighted by Crippen LogP contribution is 2.26. The summed E-state index contributed by atoms with van der Waals surface area (Å²) in [4.78, 5) is 12.2. The normalized spacial score (nSPS) is 15.5. The molecular weight excluding hydrogens is 354 g/mol. The molecule has 1 fully saturated rings. The van der Waals surface area contributed by atoms with Gasteiger partial charge in [0.25, 0.3) is 0 Å². The van der Waals surface area contributed by atoms with E-state index in [0.29, 0.717) is 36.6 Å². The Bertz CT molecular complexity index is 882. The number of rotatable bonds is 5. The highest BCUT2D eigenvalue weighted by Gasteiger charge is 2.28. The number of nitrogens with zero attached hydrogens (tertiary/aromatic N) is 1. The van der Waals surface area contributed by atoms with Crippen molar-refractivity contribution in [1.82, 2.24) is 0 Å². The van der Waals surface area contributed by atoms with Crippen molar-refractivity contribution in [2.75, 3.05) is 33.8 Å². The van der Waals surface area contributed by atoms with Gasteiger partial charge in [0, 0.05) is 17.9 Å². The van der Waals surface area contributed by atoms with Crippen LogP contribution in [0.15, 0.2) is 48.5 Å². The van der Waals surface area contributed by atoms with Crippen LogP contribution in [0.25, 0.3) is 0 Å². The number of ether oxygens (including phenoxy) is 1. The first-order chi connectivity index (χ1) is 12.5. The molecule has 1 heterocycles. The molecule has 7 nitrogen and oxygen atoms in total. The van der Waals surface area contributed by atoms with Gasteiger partial charge in [0.05, 0.1) is 18.0 Å². The Hall–Kier alpha value is -2.74. The molecule has 2 N–H and O–H groups in total. The second-order valence-corrected chi connectivity index (χ2v) is 7.84. The average molecular weight is 375 g/mol. The number of benzene rings is 2. The van der Waals surface area contributed by atoms with Crippen molar-refractivity contribution in [3.8, 4) is 5.75 Å². The van der Waals surface area contributed by atoms with E-state index >= 15 is 0 Å². The fourth-order valence-corrected chi connectivity index (χ4v) is 4.32. The molecule has 138 valence electrons. The van der Waals surface area contributed by atoms with Gasteiger partial charge in [-0.05, 0) is 55.8 Å². The summed E-state index contributed by atoms with van der Waals surface area (Å²) in [6, 6.07) is 13.4. The number of nitrogens with one attached hydrogen (secondary N) is 2. The second-order valence-electron chi connectivity index (χ2n) is 5.83. The lowest BCUT2D eigenvalue weighted by atomic mass is 10.2. The highest BCUT2D eigenvalue weighted by molar-refractivity contribution is 7.93. The Morgan fingerprint density at radius 2 is 1.85 bits per heavy atom. The molecule has 2 aromatic rings. The number of hydrogen-bond acceptors (Lipinski definition) is 4. The van der Waals surface area contributed by atoms with Gasteiger partial charge in [0.2, 0.25) is 10.0 Å². The first-order valence-electron chi connectivity index (χ1n) is 8.39. The third-order valence-corrected chi connectivity index (χ3v) is 5.78. The molecule has 1 saturated heterocycles. The van der Waals surface area contributed by atoms with Crippen LogP contribution in [0.4, 0.5) is 21.9 Å². The standard InChI is InChI=1S/C18H21N3O4S/c1-2-25-17-9-7-14(8-10-17)19-18(22)20-15-5-3-6-16(13-15)21-11-4-12-26(21,23)24/h3,5-10,13H,2,4,11-12H2,1H3,(H2,19,20,22). The van der Waals surface area contributed by atoms with Gasteiger partial charge >= 0.3 is 6.03 Å². The molecule has 0 unspecified atom stereocenters. The maximum Gasteiger partial charge on any atom is 0.323 e. The number of carbonyl (C=O) groups is 1. The molecule has 3 rings (SSSR count). The van der Waals surface area contributed by atoms with E-state index in [2.05, 4.69) is 10.6 Å². The summed E-state index contributed by atoms with van der Waals surface area (Å²) in [7, 11) is -3.25. The predicted molar refractivity (Wildman–Crippen MR) is 102 cm³/mol. The smallest absolute Gasteiger partial charge is 0.323 e. The Labute approximate surface area is 153 Å². The number of sulfonamides is 1. The van der Waals surface area contributed by atoms with Gasteiger partial charge in [-0.1, -0.05) is 6.07 Å². The summed E-state index contributed by atoms with van der Waals surface area (Å²) in [5.74, 6) is 0.890. The number of urea groups is 1. The van der Waals surface area contributed by atoms with Crippen LogP contribution >= 0.6 is 0 Å². The molecule has 1 aliphatic rings. The molecule has 2 aromatic carbocycles. The fraction of sp³-hybridized carbons (Fsp3) is 0.278. The number of amides is 2. The molecule has 0 aromatic heterocycles. The molecule has 2 amide bonds. The Kier molecular flexibility index (Phi) is 5.32. The summed E-state index contributed by atoms with van der Waals surface area (Å²) < 4.78 is 30.8. The second kappa shape index (κ2) is 7.65. The van der Waals surface area contributed by atoms with Crippen LogP contribution in [0.5, 0.6) is 5.75 Å². The van der Waals surface area contributed by atoms with Crippen molar-refractivity contribution in [3.05, 3.63) is 48.5 Å². The van der Waals surface area contributed by atoms with Crippen molar-refractivity contribution in [1.29, 1.82) is 0 Å². The quantitative estimate of drug-likeness (QED) is 0.840. The minimum atomic E-state index is -3.25. The summed E-state index contributed by atoms with van der Waals surface area (Å²) in [6.45, 7) is 2.95. The molecule has 0 atom stereocenters. The largest absolute Gasteiger partial charge is 0.494 e. The lowest BCUT2D eigenvalue weighted by Crippen LogP contribution is -2.25. The third-order valence-electron chi connectivity index (χ3n) is 3.91. The maximum atomic E-state index is 12.2. The van der Waals surface area contributed by atoms with Gasteiger partial charge in [0.15, 0.2) is 0 Å². The summed E-state index contributed by atoms with van der Waals surface area (Å²) >= 11 is 0. The van der Waals surface area contributed by atoms with Crippen LogP contribution in [0.2, 0.25) is 0 Å². The van der Waals surface area contributed by atoms with Crippen molar-refractivity contribution >= 4 is 33.1 Å². The summed E-state index contributed by atoms with van der Waals surface area (Å²) in [5, 5.41) is 5.45. The SMILES string of the molecule is CCOc1ccc(NC(=O)Nc2cccc(N3CCCS3(=O)=O)c2)cc1. The van der Waals surface area contributed by atoms with E-state index in [-0.39, 0.29) is 5.75 Å². The topological polar surface area (TPSA) is 87.7 Å². The third kappa shape index (κ3) is 4.26. The Morgan fingerprint density at radius 3 is 2.50 bits per heavy atom.